The van der Waals surface area contributed by atoms with Gasteiger partial charge in [0.25, 0.3) is 0 Å². The lowest BCUT2D eigenvalue weighted by atomic mass is 9.91. The minimum absolute atomic E-state index is 0.299. The summed E-state index contributed by atoms with van der Waals surface area (Å²) in [4.78, 5) is 8.55. The van der Waals surface area contributed by atoms with E-state index in [1.54, 1.807) is 12.4 Å². The highest BCUT2D eigenvalue weighted by atomic mass is 14.8. The van der Waals surface area contributed by atoms with Crippen molar-refractivity contribution in [2.45, 2.75) is 18.8 Å². The number of aromatic nitrogens is 2. The van der Waals surface area contributed by atoms with Crippen LogP contribution in [0.25, 0.3) is 0 Å². The fraction of sp³-hybridized carbons (Fsp3) is 0.286. The Kier molecular flexibility index (Phi) is 4.22. The predicted octanol–water partition coefficient (Wildman–Crippen LogP) is 2.35. The molecule has 1 aromatic heterocycles. The molecule has 0 radical (unpaired) electrons. The number of benzene rings is 1. The van der Waals surface area contributed by atoms with Crippen LogP contribution >= 0.6 is 0 Å². The maximum Gasteiger partial charge on any atom is 0.0661 e. The Morgan fingerprint density at radius 3 is 2.59 bits per heavy atom. The molecular weight excluding hydrogens is 210 g/mol. The normalized spacial score (nSPS) is 12.3. The summed E-state index contributed by atoms with van der Waals surface area (Å²) in [6, 6.07) is 10.4. The summed E-state index contributed by atoms with van der Waals surface area (Å²) in [6.07, 6.45) is 7.30. The van der Waals surface area contributed by atoms with Gasteiger partial charge in [-0.25, -0.2) is 0 Å². The molecule has 17 heavy (non-hydrogen) atoms. The highest BCUT2D eigenvalue weighted by Crippen LogP contribution is 2.26. The summed E-state index contributed by atoms with van der Waals surface area (Å²) in [6.45, 7) is 0.712. The second-order valence-corrected chi connectivity index (χ2v) is 4.02. The summed E-state index contributed by atoms with van der Waals surface area (Å²) in [5.41, 5.74) is 7.90. The minimum Gasteiger partial charge on any atom is -0.330 e. The van der Waals surface area contributed by atoms with Gasteiger partial charge in [-0.3, -0.25) is 9.97 Å². The number of hydrogen-bond donors (Lipinski definition) is 1. The molecule has 0 aliphatic rings. The van der Waals surface area contributed by atoms with Gasteiger partial charge < -0.3 is 5.73 Å². The molecule has 0 fully saturated rings. The lowest BCUT2D eigenvalue weighted by Gasteiger charge is -2.15. The lowest BCUT2D eigenvalue weighted by molar-refractivity contribution is 0.652. The van der Waals surface area contributed by atoms with Gasteiger partial charge in [-0.15, -0.1) is 0 Å². The molecule has 0 saturated carbocycles. The van der Waals surface area contributed by atoms with Crippen molar-refractivity contribution in [2.75, 3.05) is 6.54 Å². The van der Waals surface area contributed by atoms with E-state index in [-0.39, 0.29) is 0 Å². The van der Waals surface area contributed by atoms with Crippen LogP contribution in [0.1, 0.15) is 30.0 Å². The third kappa shape index (κ3) is 3.11. The molecule has 1 aromatic carbocycles. The van der Waals surface area contributed by atoms with Crippen LogP contribution in [0.3, 0.4) is 0 Å². The Hall–Kier alpha value is -1.74. The van der Waals surface area contributed by atoms with E-state index in [1.165, 1.54) is 5.56 Å². The van der Waals surface area contributed by atoms with Crippen LogP contribution in [-0.2, 0) is 0 Å². The van der Waals surface area contributed by atoms with E-state index in [0.29, 0.717) is 12.5 Å². The second-order valence-electron chi connectivity index (χ2n) is 4.02. The van der Waals surface area contributed by atoms with Crippen LogP contribution in [0.4, 0.5) is 0 Å². The maximum absolute atomic E-state index is 5.60. The van der Waals surface area contributed by atoms with Crippen molar-refractivity contribution < 1.29 is 0 Å². The van der Waals surface area contributed by atoms with Gasteiger partial charge >= 0.3 is 0 Å². The van der Waals surface area contributed by atoms with Crippen LogP contribution in [0.5, 0.6) is 0 Å². The van der Waals surface area contributed by atoms with Gasteiger partial charge in [-0.1, -0.05) is 30.3 Å². The van der Waals surface area contributed by atoms with Crippen molar-refractivity contribution in [3.63, 3.8) is 0 Å². The first-order chi connectivity index (χ1) is 8.42. The topological polar surface area (TPSA) is 51.8 Å². The van der Waals surface area contributed by atoms with Crippen molar-refractivity contribution in [1.82, 2.24) is 9.97 Å². The zero-order chi connectivity index (χ0) is 11.9. The van der Waals surface area contributed by atoms with E-state index in [2.05, 4.69) is 34.2 Å². The molecule has 2 aromatic rings. The summed E-state index contributed by atoms with van der Waals surface area (Å²) >= 11 is 0. The van der Waals surface area contributed by atoms with Crippen LogP contribution in [0.2, 0.25) is 0 Å². The molecule has 2 N–H and O–H groups in total. The Labute approximate surface area is 102 Å². The van der Waals surface area contributed by atoms with E-state index in [4.69, 9.17) is 5.73 Å². The molecule has 0 aliphatic carbocycles. The standard InChI is InChI=1S/C14H17N3/c15-8-4-7-13(12-5-2-1-3-6-12)14-11-16-9-10-17-14/h1-3,5-6,9-11,13H,4,7-8,15H2. The summed E-state index contributed by atoms with van der Waals surface area (Å²) < 4.78 is 0. The molecule has 0 spiro atoms. The van der Waals surface area contributed by atoms with Gasteiger partial charge in [0, 0.05) is 24.5 Å². The fourth-order valence-electron chi connectivity index (χ4n) is 1.98. The molecule has 0 bridgehead atoms. The van der Waals surface area contributed by atoms with Crippen molar-refractivity contribution in [3.8, 4) is 0 Å². The lowest BCUT2D eigenvalue weighted by Crippen LogP contribution is -2.07. The van der Waals surface area contributed by atoms with Gasteiger partial charge in [0.05, 0.1) is 5.69 Å². The van der Waals surface area contributed by atoms with E-state index >= 15 is 0 Å². The highest BCUT2D eigenvalue weighted by molar-refractivity contribution is 5.26. The number of rotatable bonds is 5. The van der Waals surface area contributed by atoms with Gasteiger partial charge in [0.1, 0.15) is 0 Å². The second kappa shape index (κ2) is 6.11. The molecule has 3 nitrogen and oxygen atoms in total. The average molecular weight is 227 g/mol. The Morgan fingerprint density at radius 2 is 1.94 bits per heavy atom. The number of hydrogen-bond acceptors (Lipinski definition) is 3. The van der Waals surface area contributed by atoms with Crippen LogP contribution in [0, 0.1) is 0 Å². The van der Waals surface area contributed by atoms with Gasteiger partial charge in [0.15, 0.2) is 0 Å². The predicted molar refractivity (Wildman–Crippen MR) is 68.6 cm³/mol. The molecule has 1 atom stereocenters. The molecule has 0 amide bonds. The zero-order valence-electron chi connectivity index (χ0n) is 9.79. The first kappa shape index (κ1) is 11.7. The Bertz CT molecular complexity index is 388. The van der Waals surface area contributed by atoms with Crippen molar-refractivity contribution in [1.29, 1.82) is 0 Å². The molecule has 1 unspecified atom stereocenters. The zero-order valence-corrected chi connectivity index (χ0v) is 9.79. The quantitative estimate of drug-likeness (QED) is 0.853. The minimum atomic E-state index is 0.299. The monoisotopic (exact) mass is 227 g/mol. The third-order valence-corrected chi connectivity index (χ3v) is 2.84. The Morgan fingerprint density at radius 1 is 1.12 bits per heavy atom. The van der Waals surface area contributed by atoms with Crippen LogP contribution < -0.4 is 5.73 Å². The average Bonchev–Trinajstić information content (AvgIpc) is 2.42. The number of nitrogens with two attached hydrogens (primary N) is 1. The summed E-state index contributed by atoms with van der Waals surface area (Å²) in [5, 5.41) is 0. The molecule has 88 valence electrons. The highest BCUT2D eigenvalue weighted by Gasteiger charge is 2.14. The van der Waals surface area contributed by atoms with Crippen molar-refractivity contribution >= 4 is 0 Å². The van der Waals surface area contributed by atoms with E-state index in [0.717, 1.165) is 18.5 Å². The summed E-state index contributed by atoms with van der Waals surface area (Å²) in [7, 11) is 0. The largest absolute Gasteiger partial charge is 0.330 e. The SMILES string of the molecule is NCCCC(c1ccccc1)c1cnccn1. The molecule has 3 heteroatoms. The van der Waals surface area contributed by atoms with E-state index in [9.17, 15) is 0 Å². The maximum atomic E-state index is 5.60. The molecular formula is C14H17N3. The molecule has 2 rings (SSSR count). The van der Waals surface area contributed by atoms with Crippen LogP contribution in [-0.4, -0.2) is 16.5 Å². The van der Waals surface area contributed by atoms with Crippen molar-refractivity contribution in [2.24, 2.45) is 5.73 Å². The molecule has 0 saturated heterocycles. The van der Waals surface area contributed by atoms with E-state index in [1.807, 2.05) is 12.3 Å². The molecule has 1 heterocycles. The van der Waals surface area contributed by atoms with Gasteiger partial charge in [-0.05, 0) is 24.9 Å². The fourth-order valence-corrected chi connectivity index (χ4v) is 1.98. The third-order valence-electron chi connectivity index (χ3n) is 2.84. The van der Waals surface area contributed by atoms with E-state index < -0.39 is 0 Å². The van der Waals surface area contributed by atoms with Crippen molar-refractivity contribution in [3.05, 3.63) is 60.2 Å². The van der Waals surface area contributed by atoms with Gasteiger partial charge in [-0.2, -0.15) is 0 Å². The number of nitrogens with zero attached hydrogens (tertiary/aromatic N) is 2. The van der Waals surface area contributed by atoms with Crippen LogP contribution in [0.15, 0.2) is 48.9 Å². The molecule has 0 aliphatic heterocycles. The first-order valence-corrected chi connectivity index (χ1v) is 5.92. The Balaban J connectivity index is 2.26. The summed E-state index contributed by atoms with van der Waals surface area (Å²) in [5.74, 6) is 0.299. The smallest absolute Gasteiger partial charge is 0.0661 e. The first-order valence-electron chi connectivity index (χ1n) is 5.92. The van der Waals surface area contributed by atoms with Gasteiger partial charge in [0.2, 0.25) is 0 Å².